The fraction of sp³-hybridized carbons (Fsp3) is 1.00. The minimum absolute atomic E-state index is 0.0312. The molecule has 0 aliphatic heterocycles. The Bertz CT molecular complexity index is 1330. The zero-order valence-corrected chi connectivity index (χ0v) is 76.3. The maximum Gasteiger partial charge on any atom is 0.101 e. The van der Waals surface area contributed by atoms with Crippen LogP contribution in [0, 0.1) is 5.41 Å². The standard InChI is InChI=1S/C11H24O3.C11H24O.C10H22O3.C9H20O4.C9H20O3S.C9H20O2S.C8H18O3.C6H14OS.C6H14S.C3H8/c1-5-10(12)7-14-9-11(3,4)8-13-6-2;1-3-5-6-7-8-9-10-11(12)4-2;1-3-5-6-10(12)8-13-7-9(11)4-2;1-3-8(10)5-13-7-9(11)6-12-4-2;1-3-8(10)5-12-6-9(11)7-13-4-2;1-3-9(10)8-11-6-5-7-12-4-2;1-3-8(9)7-11-6-5-10-4-2;1-3-6(7)5-8-4-2;1-3-5-6-7-4-2;1-3-2/h10,12H,5-9H2,1-4H3;11-12H,3-10H2,1-2H3;9-12H,3-8H2,1-2H3;2*8-11H,3-7H2,1-2H3;9-10H,3-8H2,1-2H3;8-9H,3-7H2,1-2H3;6-7H,3-5H2,1-2H3;3-6H2,1-2H3;3H2,1-2H3. The summed E-state index contributed by atoms with van der Waals surface area (Å²) in [5.74, 6) is 8.70. The summed E-state index contributed by atoms with van der Waals surface area (Å²) in [5, 5.41) is 101. The number of aliphatic hydroxyl groups excluding tert-OH is 11. The predicted octanol–water partition coefficient (Wildman–Crippen LogP) is 15.9. The van der Waals surface area contributed by atoms with Crippen LogP contribution in [0.3, 0.4) is 0 Å². The third-order valence-corrected chi connectivity index (χ3v) is 18.3. The van der Waals surface area contributed by atoms with E-state index < -0.39 is 30.5 Å². The Kier molecular flexibility index (Phi) is 137. The molecule has 0 radical (unpaired) electrons. The van der Waals surface area contributed by atoms with Crippen LogP contribution in [0.2, 0.25) is 0 Å². The van der Waals surface area contributed by atoms with Crippen molar-refractivity contribution in [1.29, 1.82) is 0 Å². The highest BCUT2D eigenvalue weighted by molar-refractivity contribution is 7.99. The fourth-order valence-electron chi connectivity index (χ4n) is 6.98. The molecular formula is C82H184O20S4. The molecule has 0 rings (SSSR count). The highest BCUT2D eigenvalue weighted by Gasteiger charge is 2.19. The molecule has 0 saturated carbocycles. The molecule has 0 aliphatic rings. The lowest BCUT2D eigenvalue weighted by Crippen LogP contribution is -2.27. The van der Waals surface area contributed by atoms with Gasteiger partial charge in [0.1, 0.15) is 6.10 Å². The van der Waals surface area contributed by atoms with E-state index in [1.54, 1.807) is 23.5 Å². The predicted molar refractivity (Wildman–Crippen MR) is 462 cm³/mol. The normalized spacial score (nSPS) is 13.9. The van der Waals surface area contributed by atoms with Crippen LogP contribution in [0.5, 0.6) is 0 Å². The Labute approximate surface area is 673 Å². The minimum atomic E-state index is -0.594. The van der Waals surface area contributed by atoms with Crippen LogP contribution in [-0.4, -0.2) is 288 Å². The Hall–Kier alpha value is 0.600. The third-order valence-electron chi connectivity index (χ3n) is 14.3. The molecule has 0 fully saturated rings. The second kappa shape index (κ2) is 114. The topological polar surface area (TPSA) is 306 Å². The van der Waals surface area contributed by atoms with Crippen molar-refractivity contribution in [1.82, 2.24) is 0 Å². The SMILES string of the molecule is CCC.CCCCC(O)COCC(O)CC.CCCCCCCCC(O)CC.CCCCSCC.CCOCC(C)(C)COCC(O)CC.CCOCC(O)COCC(O)CC.CCOCCOCC(O)CC.CCSCC(O)CC.CCSCC(O)COCC(O)CC.CCSCCCOCC(O)CC. The van der Waals surface area contributed by atoms with E-state index in [4.69, 9.17) is 73.3 Å². The van der Waals surface area contributed by atoms with Crippen LogP contribution < -0.4 is 0 Å². The van der Waals surface area contributed by atoms with Crippen molar-refractivity contribution in [2.75, 3.05) is 165 Å². The molecule has 0 aliphatic carbocycles. The summed E-state index contributed by atoms with van der Waals surface area (Å²) in [6.07, 6.45) is 19.4. The molecule has 0 spiro atoms. The van der Waals surface area contributed by atoms with E-state index in [-0.39, 0.29) is 55.3 Å². The van der Waals surface area contributed by atoms with Gasteiger partial charge < -0.3 is 98.8 Å². The van der Waals surface area contributed by atoms with Gasteiger partial charge in [-0.25, -0.2) is 0 Å². The first kappa shape index (κ1) is 127. The van der Waals surface area contributed by atoms with Crippen molar-refractivity contribution in [2.45, 2.75) is 361 Å². The summed E-state index contributed by atoms with van der Waals surface area (Å²) in [6.45, 7) is 53.7. The molecular weight excluding hydrogens is 1430 g/mol. The van der Waals surface area contributed by atoms with Gasteiger partial charge >= 0.3 is 0 Å². The van der Waals surface area contributed by atoms with Gasteiger partial charge in [-0.3, -0.25) is 0 Å². The summed E-state index contributed by atoms with van der Waals surface area (Å²) in [6, 6.07) is 0. The van der Waals surface area contributed by atoms with E-state index in [0.29, 0.717) is 111 Å². The minimum Gasteiger partial charge on any atom is -0.393 e. The largest absolute Gasteiger partial charge is 0.393 e. The number of rotatable bonds is 63. The summed E-state index contributed by atoms with van der Waals surface area (Å²) in [7, 11) is 0. The second-order valence-electron chi connectivity index (χ2n) is 26.2. The van der Waals surface area contributed by atoms with Crippen molar-refractivity contribution in [3.05, 3.63) is 0 Å². The lowest BCUT2D eigenvalue weighted by molar-refractivity contribution is -0.0379. The highest BCUT2D eigenvalue weighted by atomic mass is 32.2. The smallest absolute Gasteiger partial charge is 0.101 e. The van der Waals surface area contributed by atoms with Crippen LogP contribution in [-0.2, 0) is 42.6 Å². The van der Waals surface area contributed by atoms with Crippen LogP contribution in [0.4, 0.5) is 0 Å². The van der Waals surface area contributed by atoms with Crippen LogP contribution in [0.15, 0.2) is 0 Å². The number of hydrogen-bond acceptors (Lipinski definition) is 24. The first-order valence-electron chi connectivity index (χ1n) is 41.7. The van der Waals surface area contributed by atoms with Gasteiger partial charge in [-0.15, -0.1) is 0 Å². The summed E-state index contributed by atoms with van der Waals surface area (Å²) >= 11 is 7.44. The molecule has 11 N–H and O–H groups in total. The first-order chi connectivity index (χ1) is 50.7. The average Bonchev–Trinajstić information content (AvgIpc) is 0.953. The van der Waals surface area contributed by atoms with Crippen molar-refractivity contribution in [2.24, 2.45) is 5.41 Å². The van der Waals surface area contributed by atoms with Gasteiger partial charge in [-0.05, 0) is 132 Å². The lowest BCUT2D eigenvalue weighted by atomic mass is 9.96. The van der Waals surface area contributed by atoms with Crippen LogP contribution in [0.1, 0.15) is 294 Å². The average molecular weight is 1620 g/mol. The third kappa shape index (κ3) is 140. The highest BCUT2D eigenvalue weighted by Crippen LogP contribution is 2.16. The zero-order chi connectivity index (χ0) is 83.0. The molecule has 0 amide bonds. The first-order valence-corrected chi connectivity index (χ1v) is 46.3. The molecule has 11 unspecified atom stereocenters. The van der Waals surface area contributed by atoms with Gasteiger partial charge in [-0.1, -0.05) is 196 Å². The molecule has 20 nitrogen and oxygen atoms in total. The lowest BCUT2D eigenvalue weighted by Gasteiger charge is -2.24. The van der Waals surface area contributed by atoms with Gasteiger partial charge in [0.25, 0.3) is 0 Å². The molecule has 24 heteroatoms. The maximum atomic E-state index is 9.36. The Balaban J connectivity index is -0.000000122. The Morgan fingerprint density at radius 2 is 0.547 bits per heavy atom. The van der Waals surface area contributed by atoms with Gasteiger partial charge in [0.2, 0.25) is 0 Å². The Morgan fingerprint density at radius 1 is 0.245 bits per heavy atom. The molecule has 0 heterocycles. The Morgan fingerprint density at radius 3 is 0.943 bits per heavy atom. The molecule has 0 bridgehead atoms. The molecule has 656 valence electrons. The van der Waals surface area contributed by atoms with E-state index in [2.05, 4.69) is 76.2 Å². The van der Waals surface area contributed by atoms with Gasteiger partial charge in [0.15, 0.2) is 0 Å². The summed E-state index contributed by atoms with van der Waals surface area (Å²) in [4.78, 5) is 0. The van der Waals surface area contributed by atoms with Crippen LogP contribution in [0.25, 0.3) is 0 Å². The molecule has 11 atom stereocenters. The van der Waals surface area contributed by atoms with Crippen molar-refractivity contribution in [3.8, 4) is 0 Å². The quantitative estimate of drug-likeness (QED) is 0.0252. The van der Waals surface area contributed by atoms with E-state index in [0.717, 1.165) is 101 Å². The number of aliphatic hydroxyl groups is 11. The summed E-state index contributed by atoms with van der Waals surface area (Å²) < 4.78 is 46.5. The van der Waals surface area contributed by atoms with Crippen molar-refractivity contribution < 1.29 is 98.8 Å². The van der Waals surface area contributed by atoms with E-state index >= 15 is 0 Å². The van der Waals surface area contributed by atoms with Crippen LogP contribution >= 0.6 is 47.0 Å². The van der Waals surface area contributed by atoms with Gasteiger partial charge in [0.05, 0.1) is 154 Å². The van der Waals surface area contributed by atoms with E-state index in [1.165, 1.54) is 80.8 Å². The maximum absolute atomic E-state index is 9.36. The van der Waals surface area contributed by atoms with Gasteiger partial charge in [0, 0.05) is 43.3 Å². The van der Waals surface area contributed by atoms with Crippen molar-refractivity contribution in [3.63, 3.8) is 0 Å². The number of hydrogen-bond donors (Lipinski definition) is 11. The zero-order valence-electron chi connectivity index (χ0n) is 73.0. The van der Waals surface area contributed by atoms with E-state index in [1.807, 2.05) is 99.7 Å². The molecule has 0 saturated heterocycles. The van der Waals surface area contributed by atoms with Gasteiger partial charge in [-0.2, -0.15) is 47.0 Å². The molecule has 0 aromatic carbocycles. The number of thioether (sulfide) groups is 4. The summed E-state index contributed by atoms with van der Waals surface area (Å²) in [5.41, 5.74) is 0.0312. The van der Waals surface area contributed by atoms with E-state index in [9.17, 15) is 25.5 Å². The monoisotopic (exact) mass is 1620 g/mol. The number of ether oxygens (including phenoxy) is 9. The molecule has 0 aromatic rings. The molecule has 0 aromatic heterocycles. The van der Waals surface area contributed by atoms with Crippen molar-refractivity contribution >= 4 is 47.0 Å². The number of unbranched alkanes of at least 4 members (excludes halogenated alkanes) is 7. The second-order valence-corrected chi connectivity index (χ2v) is 31.6. The fourth-order valence-corrected chi connectivity index (χ4v) is 9.72. The molecule has 106 heavy (non-hydrogen) atoms.